The van der Waals surface area contributed by atoms with Crippen molar-refractivity contribution in [1.82, 2.24) is 0 Å². The second-order valence-corrected chi connectivity index (χ2v) is 20.7. The Kier molecular flexibility index (Phi) is 8.29. The SMILES string of the molecule is S=P(c1ccccc1)(c1ccccc1)c1ccc2ccccc2c1-c1c(P(=S)(c2ccccc2)c2ccccc2)ccc2ccccc12. The predicted octanol–water partition coefficient (Wildman–Crippen LogP) is 9.17. The molecule has 0 spiro atoms. The van der Waals surface area contributed by atoms with Crippen molar-refractivity contribution in [3.8, 4) is 11.1 Å². The summed E-state index contributed by atoms with van der Waals surface area (Å²) in [6.07, 6.45) is 0. The van der Waals surface area contributed by atoms with Crippen LogP contribution in [0.5, 0.6) is 0 Å². The van der Waals surface area contributed by atoms with Crippen molar-refractivity contribution in [1.29, 1.82) is 0 Å². The van der Waals surface area contributed by atoms with Crippen LogP contribution in [-0.4, -0.2) is 0 Å². The summed E-state index contributed by atoms with van der Waals surface area (Å²) in [6.45, 7) is 0. The molecule has 0 atom stereocenters. The monoisotopic (exact) mass is 686 g/mol. The van der Waals surface area contributed by atoms with Crippen molar-refractivity contribution in [3.05, 3.63) is 194 Å². The number of hydrogen-bond donors (Lipinski definition) is 0. The van der Waals surface area contributed by atoms with Crippen molar-refractivity contribution in [3.63, 3.8) is 0 Å². The highest BCUT2D eigenvalue weighted by Crippen LogP contribution is 2.52. The van der Waals surface area contributed by atoms with Crippen molar-refractivity contribution in [2.45, 2.75) is 0 Å². The van der Waals surface area contributed by atoms with E-state index in [4.69, 9.17) is 23.6 Å². The van der Waals surface area contributed by atoms with Gasteiger partial charge in [-0.15, -0.1) is 0 Å². The van der Waals surface area contributed by atoms with Crippen LogP contribution >= 0.6 is 12.1 Å². The fraction of sp³-hybridized carbons (Fsp3) is 0. The van der Waals surface area contributed by atoms with Crippen LogP contribution in [0.3, 0.4) is 0 Å². The van der Waals surface area contributed by atoms with Gasteiger partial charge in [0.25, 0.3) is 0 Å². The lowest BCUT2D eigenvalue weighted by Crippen LogP contribution is -2.29. The topological polar surface area (TPSA) is 0 Å². The fourth-order valence-electron chi connectivity index (χ4n) is 6.98. The Morgan fingerprint density at radius 3 is 0.854 bits per heavy atom. The fourth-order valence-corrected chi connectivity index (χ4v) is 15.1. The molecule has 0 aromatic heterocycles. The Labute approximate surface area is 292 Å². The minimum Gasteiger partial charge on any atom is -0.0826 e. The second-order valence-electron chi connectivity index (χ2n) is 11.9. The summed E-state index contributed by atoms with van der Waals surface area (Å²) in [5.41, 5.74) is 2.38. The van der Waals surface area contributed by atoms with Gasteiger partial charge in [-0.3, -0.25) is 0 Å². The molecular weight excluding hydrogens is 655 g/mol. The lowest BCUT2D eigenvalue weighted by molar-refractivity contribution is 1.72. The van der Waals surface area contributed by atoms with Crippen LogP contribution in [0.4, 0.5) is 0 Å². The molecule has 0 saturated heterocycles. The van der Waals surface area contributed by atoms with E-state index in [1.807, 2.05) is 0 Å². The number of fused-ring (bicyclic) bond motifs is 2. The summed E-state index contributed by atoms with van der Waals surface area (Å²) in [5, 5.41) is 11.8. The van der Waals surface area contributed by atoms with Gasteiger partial charge in [-0.1, -0.05) is 218 Å². The zero-order valence-corrected chi connectivity index (χ0v) is 29.6. The Morgan fingerprint density at radius 1 is 0.271 bits per heavy atom. The molecule has 8 aromatic carbocycles. The van der Waals surface area contributed by atoms with E-state index in [9.17, 15) is 0 Å². The number of hydrogen-bond acceptors (Lipinski definition) is 2. The summed E-state index contributed by atoms with van der Waals surface area (Å²) in [5.74, 6) is 0. The molecule has 8 rings (SSSR count). The van der Waals surface area contributed by atoms with Gasteiger partial charge in [-0.05, 0) is 53.9 Å². The average molecular weight is 687 g/mol. The molecule has 8 aromatic rings. The highest BCUT2D eigenvalue weighted by atomic mass is 32.4. The van der Waals surface area contributed by atoms with Crippen LogP contribution < -0.4 is 31.8 Å². The highest BCUT2D eigenvalue weighted by molar-refractivity contribution is 8.26. The molecule has 0 aliphatic heterocycles. The second kappa shape index (κ2) is 12.9. The third-order valence-electron chi connectivity index (χ3n) is 9.22. The minimum atomic E-state index is -2.57. The van der Waals surface area contributed by atoms with Crippen LogP contribution in [0.1, 0.15) is 0 Å². The van der Waals surface area contributed by atoms with Crippen molar-refractivity contribution in [2.75, 3.05) is 0 Å². The van der Waals surface area contributed by atoms with Gasteiger partial charge in [0.1, 0.15) is 0 Å². The predicted molar refractivity (Wildman–Crippen MR) is 219 cm³/mol. The average Bonchev–Trinajstić information content (AvgIpc) is 3.18. The van der Waals surface area contributed by atoms with E-state index in [1.165, 1.54) is 64.5 Å². The van der Waals surface area contributed by atoms with Crippen LogP contribution in [0.15, 0.2) is 194 Å². The maximum Gasteiger partial charge on any atom is 0.0385 e. The molecule has 0 fully saturated rings. The molecular formula is C44H32P2S2. The van der Waals surface area contributed by atoms with E-state index in [2.05, 4.69) is 194 Å². The molecule has 0 aliphatic carbocycles. The van der Waals surface area contributed by atoms with Crippen LogP contribution in [0, 0.1) is 0 Å². The smallest absolute Gasteiger partial charge is 0.0385 e. The largest absolute Gasteiger partial charge is 0.0826 e. The van der Waals surface area contributed by atoms with Crippen LogP contribution in [-0.2, 0) is 23.6 Å². The summed E-state index contributed by atoms with van der Waals surface area (Å²) >= 11 is 14.2. The van der Waals surface area contributed by atoms with Crippen LogP contribution in [0.2, 0.25) is 0 Å². The zero-order chi connectivity index (χ0) is 32.6. The van der Waals surface area contributed by atoms with Gasteiger partial charge in [0.15, 0.2) is 0 Å². The first-order valence-electron chi connectivity index (χ1n) is 16.1. The van der Waals surface area contributed by atoms with E-state index >= 15 is 0 Å². The van der Waals surface area contributed by atoms with E-state index in [-0.39, 0.29) is 0 Å². The Hall–Kier alpha value is -4.42. The molecule has 0 saturated carbocycles. The van der Waals surface area contributed by atoms with Gasteiger partial charge < -0.3 is 0 Å². The third kappa shape index (κ3) is 5.13. The van der Waals surface area contributed by atoms with Gasteiger partial charge in [0.2, 0.25) is 0 Å². The first-order chi connectivity index (χ1) is 23.6. The maximum atomic E-state index is 7.09. The molecule has 0 N–H and O–H groups in total. The molecule has 0 unspecified atom stereocenters. The normalized spacial score (nSPS) is 11.9. The van der Waals surface area contributed by atoms with E-state index in [0.717, 1.165) is 0 Å². The minimum absolute atomic E-state index is 1.18. The van der Waals surface area contributed by atoms with Crippen molar-refractivity contribution >= 4 is 89.1 Å². The molecule has 0 aliphatic rings. The zero-order valence-electron chi connectivity index (χ0n) is 26.2. The van der Waals surface area contributed by atoms with E-state index < -0.39 is 12.1 Å². The van der Waals surface area contributed by atoms with Gasteiger partial charge in [-0.25, -0.2) is 0 Å². The number of rotatable bonds is 7. The molecule has 0 amide bonds. The number of benzene rings is 8. The summed E-state index contributed by atoms with van der Waals surface area (Å²) in [6, 6.07) is 64.5. The summed E-state index contributed by atoms with van der Waals surface area (Å²) in [4.78, 5) is 0. The third-order valence-corrected chi connectivity index (χ3v) is 19.1. The molecule has 230 valence electrons. The van der Waals surface area contributed by atoms with Gasteiger partial charge in [0.05, 0.1) is 0 Å². The lowest BCUT2D eigenvalue weighted by Gasteiger charge is -2.31. The molecule has 0 nitrogen and oxygen atoms in total. The Morgan fingerprint density at radius 2 is 0.542 bits per heavy atom. The molecule has 0 heterocycles. The van der Waals surface area contributed by atoms with Crippen molar-refractivity contribution < 1.29 is 0 Å². The standard InChI is InChI=1S/C44H32P2S2/c47-45(35-19-5-1-6-20-35,36-21-7-2-8-22-36)41-31-29-33-17-13-15-27-39(33)43(41)44-40-28-16-14-18-34(40)30-32-42(44)46(48,37-23-9-3-10-24-37)38-25-11-4-12-26-38/h1-32H. The Bertz CT molecular complexity index is 2230. The van der Waals surface area contributed by atoms with E-state index in [0.29, 0.717) is 0 Å². The lowest BCUT2D eigenvalue weighted by atomic mass is 9.93. The first-order valence-corrected chi connectivity index (χ1v) is 21.7. The quantitative estimate of drug-likeness (QED) is 0.154. The van der Waals surface area contributed by atoms with Gasteiger partial charge in [-0.2, -0.15) is 0 Å². The summed E-state index contributed by atoms with van der Waals surface area (Å²) in [7, 11) is 0. The maximum absolute atomic E-state index is 7.09. The molecule has 4 heteroatoms. The Balaban J connectivity index is 1.59. The van der Waals surface area contributed by atoms with Crippen LogP contribution in [0.25, 0.3) is 32.7 Å². The summed E-state index contributed by atoms with van der Waals surface area (Å²) < 4.78 is 0. The van der Waals surface area contributed by atoms with Gasteiger partial charge in [0, 0.05) is 22.7 Å². The van der Waals surface area contributed by atoms with E-state index in [1.54, 1.807) is 0 Å². The highest BCUT2D eigenvalue weighted by Gasteiger charge is 2.34. The van der Waals surface area contributed by atoms with Gasteiger partial charge >= 0.3 is 0 Å². The molecule has 48 heavy (non-hydrogen) atoms. The van der Waals surface area contributed by atoms with Crippen molar-refractivity contribution in [2.24, 2.45) is 0 Å². The first kappa shape index (κ1) is 30.9. The molecule has 0 radical (unpaired) electrons. The molecule has 0 bridgehead atoms.